The van der Waals surface area contributed by atoms with Gasteiger partial charge in [0.05, 0.1) is 6.10 Å². The molecular weight excluding hydrogens is 313 g/mol. The zero-order valence-corrected chi connectivity index (χ0v) is 14.1. The highest BCUT2D eigenvalue weighted by Gasteiger charge is 2.27. The number of esters is 1. The molecule has 2 rings (SSSR count). The van der Waals surface area contributed by atoms with Gasteiger partial charge in [-0.3, -0.25) is 4.79 Å². The van der Waals surface area contributed by atoms with Crippen molar-refractivity contribution < 1.29 is 23.5 Å². The first-order valence-corrected chi connectivity index (χ1v) is 8.32. The summed E-state index contributed by atoms with van der Waals surface area (Å²) in [6.07, 6.45) is 2.91. The maximum absolute atomic E-state index is 12.9. The predicted molar refractivity (Wildman–Crippen MR) is 87.0 cm³/mol. The van der Waals surface area contributed by atoms with Gasteiger partial charge in [-0.05, 0) is 49.4 Å². The van der Waals surface area contributed by atoms with E-state index in [0.29, 0.717) is 12.2 Å². The molecule has 132 valence electrons. The predicted octanol–water partition coefficient (Wildman–Crippen LogP) is 2.69. The average molecular weight is 337 g/mol. The number of ether oxygens (including phenoxy) is 2. The summed E-state index contributed by atoms with van der Waals surface area (Å²) >= 11 is 0. The molecular formula is C18H24FNO4. The standard InChI is InChI=1S/C18H24FNO4/c1-12(2)16(18(22)24-11-15-5-3-4-10-23-15)20-17(21)13-6-8-14(19)9-7-13/h6-9,12,15-16H,3-5,10-11H2,1-2H3,(H,20,21). The third kappa shape index (κ3) is 5.30. The molecule has 1 aromatic carbocycles. The average Bonchev–Trinajstić information content (AvgIpc) is 2.58. The topological polar surface area (TPSA) is 64.6 Å². The van der Waals surface area contributed by atoms with Gasteiger partial charge in [-0.2, -0.15) is 0 Å². The first-order chi connectivity index (χ1) is 11.5. The fourth-order valence-electron chi connectivity index (χ4n) is 2.53. The summed E-state index contributed by atoms with van der Waals surface area (Å²) in [5.74, 6) is -1.46. The lowest BCUT2D eigenvalue weighted by molar-refractivity contribution is -0.152. The summed E-state index contributed by atoms with van der Waals surface area (Å²) in [4.78, 5) is 24.5. The van der Waals surface area contributed by atoms with Crippen molar-refractivity contribution in [2.24, 2.45) is 5.92 Å². The zero-order valence-electron chi connectivity index (χ0n) is 14.1. The van der Waals surface area contributed by atoms with E-state index >= 15 is 0 Å². The van der Waals surface area contributed by atoms with E-state index in [2.05, 4.69) is 5.32 Å². The molecule has 1 saturated heterocycles. The van der Waals surface area contributed by atoms with Gasteiger partial charge in [0.2, 0.25) is 0 Å². The Labute approximate surface area is 141 Å². The summed E-state index contributed by atoms with van der Waals surface area (Å²) in [6, 6.07) is 4.41. The van der Waals surface area contributed by atoms with E-state index < -0.39 is 23.7 Å². The maximum Gasteiger partial charge on any atom is 0.329 e. The Bertz CT molecular complexity index is 553. The number of rotatable bonds is 6. The Morgan fingerprint density at radius 3 is 2.58 bits per heavy atom. The van der Waals surface area contributed by atoms with Gasteiger partial charge in [0, 0.05) is 12.2 Å². The Morgan fingerprint density at radius 2 is 2.00 bits per heavy atom. The van der Waals surface area contributed by atoms with Crippen LogP contribution in [0.5, 0.6) is 0 Å². The van der Waals surface area contributed by atoms with Crippen LogP contribution in [0, 0.1) is 11.7 Å². The Morgan fingerprint density at radius 1 is 1.29 bits per heavy atom. The number of hydrogen-bond donors (Lipinski definition) is 1. The van der Waals surface area contributed by atoms with Crippen molar-refractivity contribution in [1.82, 2.24) is 5.32 Å². The summed E-state index contributed by atoms with van der Waals surface area (Å²) < 4.78 is 23.8. The zero-order chi connectivity index (χ0) is 17.5. The maximum atomic E-state index is 12.9. The number of hydrogen-bond acceptors (Lipinski definition) is 4. The molecule has 0 radical (unpaired) electrons. The molecule has 6 heteroatoms. The highest BCUT2D eigenvalue weighted by atomic mass is 19.1. The van der Waals surface area contributed by atoms with E-state index in [4.69, 9.17) is 9.47 Å². The number of carbonyl (C=O) groups excluding carboxylic acids is 2. The summed E-state index contributed by atoms with van der Waals surface area (Å²) in [7, 11) is 0. The number of nitrogens with one attached hydrogen (secondary N) is 1. The van der Waals surface area contributed by atoms with Crippen LogP contribution >= 0.6 is 0 Å². The Balaban J connectivity index is 1.91. The molecule has 1 aliphatic rings. The molecule has 2 unspecified atom stereocenters. The number of benzene rings is 1. The van der Waals surface area contributed by atoms with Crippen molar-refractivity contribution in [3.8, 4) is 0 Å². The van der Waals surface area contributed by atoms with Crippen LogP contribution < -0.4 is 5.32 Å². The number of carbonyl (C=O) groups is 2. The van der Waals surface area contributed by atoms with Crippen LogP contribution in [0.2, 0.25) is 0 Å². The van der Waals surface area contributed by atoms with Crippen molar-refractivity contribution in [2.45, 2.75) is 45.3 Å². The molecule has 0 saturated carbocycles. The molecule has 0 bridgehead atoms. The largest absolute Gasteiger partial charge is 0.461 e. The lowest BCUT2D eigenvalue weighted by Gasteiger charge is -2.25. The molecule has 1 aliphatic heterocycles. The quantitative estimate of drug-likeness (QED) is 0.811. The summed E-state index contributed by atoms with van der Waals surface area (Å²) in [5, 5.41) is 2.66. The molecule has 24 heavy (non-hydrogen) atoms. The first kappa shape index (κ1) is 18.4. The summed E-state index contributed by atoms with van der Waals surface area (Å²) in [5.41, 5.74) is 0.297. The monoisotopic (exact) mass is 337 g/mol. The van der Waals surface area contributed by atoms with Crippen LogP contribution in [-0.4, -0.2) is 37.2 Å². The SMILES string of the molecule is CC(C)C(NC(=O)c1ccc(F)cc1)C(=O)OCC1CCCCO1. The van der Waals surface area contributed by atoms with Crippen LogP contribution in [-0.2, 0) is 14.3 Å². The van der Waals surface area contributed by atoms with Crippen molar-refractivity contribution >= 4 is 11.9 Å². The molecule has 0 spiro atoms. The second kappa shape index (κ2) is 8.78. The second-order valence-corrected chi connectivity index (χ2v) is 6.32. The molecule has 1 heterocycles. The molecule has 1 N–H and O–H groups in total. The smallest absolute Gasteiger partial charge is 0.329 e. The van der Waals surface area contributed by atoms with Crippen LogP contribution in [0.15, 0.2) is 24.3 Å². The molecule has 1 fully saturated rings. The molecule has 1 aromatic rings. The third-order valence-corrected chi connectivity index (χ3v) is 4.00. The van der Waals surface area contributed by atoms with Gasteiger partial charge in [0.1, 0.15) is 18.5 Å². The van der Waals surface area contributed by atoms with Crippen molar-refractivity contribution in [3.63, 3.8) is 0 Å². The van der Waals surface area contributed by atoms with Gasteiger partial charge in [-0.25, -0.2) is 9.18 Å². The van der Waals surface area contributed by atoms with E-state index in [1.807, 2.05) is 13.8 Å². The van der Waals surface area contributed by atoms with Crippen LogP contribution in [0.4, 0.5) is 4.39 Å². The van der Waals surface area contributed by atoms with Gasteiger partial charge in [0.25, 0.3) is 5.91 Å². The van der Waals surface area contributed by atoms with Gasteiger partial charge >= 0.3 is 5.97 Å². The van der Waals surface area contributed by atoms with Gasteiger partial charge < -0.3 is 14.8 Å². The second-order valence-electron chi connectivity index (χ2n) is 6.32. The minimum atomic E-state index is -0.758. The van der Waals surface area contributed by atoms with Crippen LogP contribution in [0.3, 0.4) is 0 Å². The molecule has 2 atom stereocenters. The lowest BCUT2D eigenvalue weighted by Crippen LogP contribution is -2.46. The molecule has 5 nitrogen and oxygen atoms in total. The van der Waals surface area contributed by atoms with E-state index in [-0.39, 0.29) is 18.6 Å². The minimum Gasteiger partial charge on any atom is -0.461 e. The first-order valence-electron chi connectivity index (χ1n) is 8.32. The number of amides is 1. The van der Waals surface area contributed by atoms with E-state index in [9.17, 15) is 14.0 Å². The highest BCUT2D eigenvalue weighted by molar-refractivity contribution is 5.96. The highest BCUT2D eigenvalue weighted by Crippen LogP contribution is 2.14. The van der Waals surface area contributed by atoms with E-state index in [0.717, 1.165) is 19.3 Å². The minimum absolute atomic E-state index is 0.0664. The third-order valence-electron chi connectivity index (χ3n) is 4.00. The fourth-order valence-corrected chi connectivity index (χ4v) is 2.53. The van der Waals surface area contributed by atoms with Crippen molar-refractivity contribution in [1.29, 1.82) is 0 Å². The van der Waals surface area contributed by atoms with Gasteiger partial charge in [-0.1, -0.05) is 13.8 Å². The van der Waals surface area contributed by atoms with E-state index in [1.165, 1.54) is 24.3 Å². The van der Waals surface area contributed by atoms with Gasteiger partial charge in [0.15, 0.2) is 0 Å². The molecule has 1 amide bonds. The van der Waals surface area contributed by atoms with Crippen molar-refractivity contribution in [2.75, 3.05) is 13.2 Å². The van der Waals surface area contributed by atoms with Gasteiger partial charge in [-0.15, -0.1) is 0 Å². The van der Waals surface area contributed by atoms with Crippen LogP contribution in [0.25, 0.3) is 0 Å². The van der Waals surface area contributed by atoms with Crippen molar-refractivity contribution in [3.05, 3.63) is 35.6 Å². The summed E-state index contributed by atoms with van der Waals surface area (Å²) in [6.45, 7) is 4.55. The van der Waals surface area contributed by atoms with Crippen LogP contribution in [0.1, 0.15) is 43.5 Å². The lowest BCUT2D eigenvalue weighted by atomic mass is 10.0. The fraction of sp³-hybridized carbons (Fsp3) is 0.556. The van der Waals surface area contributed by atoms with E-state index in [1.54, 1.807) is 0 Å². The Kier molecular flexibility index (Phi) is 6.73. The normalized spacial score (nSPS) is 18.9. The molecule has 0 aromatic heterocycles. The Hall–Kier alpha value is -1.95. The molecule has 0 aliphatic carbocycles. The number of halogens is 1.